The van der Waals surface area contributed by atoms with E-state index >= 15 is 0 Å². The Kier molecular flexibility index (Phi) is 2.87. The van der Waals surface area contributed by atoms with E-state index in [-0.39, 0.29) is 11.9 Å². The van der Waals surface area contributed by atoms with E-state index in [0.717, 1.165) is 30.4 Å². The summed E-state index contributed by atoms with van der Waals surface area (Å²) in [6, 6.07) is -0.278. The maximum Gasteiger partial charge on any atom is 0.290 e. The highest BCUT2D eigenvalue weighted by atomic mass is 16.5. The van der Waals surface area contributed by atoms with Crippen LogP contribution in [0, 0.1) is 0 Å². The molecule has 3 rings (SSSR count). The van der Waals surface area contributed by atoms with Gasteiger partial charge >= 0.3 is 0 Å². The van der Waals surface area contributed by atoms with Crippen molar-refractivity contribution >= 4 is 5.91 Å². The number of aryl methyl sites for hydroxylation is 1. The van der Waals surface area contributed by atoms with Crippen molar-refractivity contribution in [2.45, 2.75) is 31.4 Å². The Morgan fingerprint density at radius 1 is 1.44 bits per heavy atom. The van der Waals surface area contributed by atoms with E-state index in [1.807, 2.05) is 0 Å². The van der Waals surface area contributed by atoms with Crippen LogP contribution in [0.4, 0.5) is 0 Å². The SMILES string of the molecule is CN(C(=O)c1occ2c1CCC2)[C@@H]1COC[C@H]1O. The van der Waals surface area contributed by atoms with E-state index < -0.39 is 6.10 Å². The number of hydrogen-bond donors (Lipinski definition) is 1. The van der Waals surface area contributed by atoms with Crippen molar-refractivity contribution in [1.29, 1.82) is 0 Å². The molecule has 1 aromatic rings. The quantitative estimate of drug-likeness (QED) is 0.836. The number of nitrogens with zero attached hydrogens (tertiary/aromatic N) is 1. The Bertz CT molecular complexity index is 468. The molecule has 0 radical (unpaired) electrons. The molecule has 2 aliphatic rings. The summed E-state index contributed by atoms with van der Waals surface area (Å²) in [5.41, 5.74) is 2.19. The van der Waals surface area contributed by atoms with Gasteiger partial charge in [0.15, 0.2) is 5.76 Å². The van der Waals surface area contributed by atoms with Gasteiger partial charge in [-0.05, 0) is 24.8 Å². The van der Waals surface area contributed by atoms with E-state index in [9.17, 15) is 9.90 Å². The molecule has 1 aliphatic heterocycles. The van der Waals surface area contributed by atoms with Crippen molar-refractivity contribution in [2.75, 3.05) is 20.3 Å². The maximum atomic E-state index is 12.4. The van der Waals surface area contributed by atoms with Crippen LogP contribution in [0.25, 0.3) is 0 Å². The van der Waals surface area contributed by atoms with Crippen molar-refractivity contribution < 1.29 is 19.1 Å². The van der Waals surface area contributed by atoms with Gasteiger partial charge in [0.2, 0.25) is 0 Å². The number of likely N-dealkylation sites (N-methyl/N-ethyl adjacent to an activating group) is 1. The molecule has 0 aromatic carbocycles. The van der Waals surface area contributed by atoms with Gasteiger partial charge in [-0.2, -0.15) is 0 Å². The number of carbonyl (C=O) groups excluding carboxylic acids is 1. The third kappa shape index (κ3) is 1.74. The number of fused-ring (bicyclic) bond motifs is 1. The fourth-order valence-electron chi connectivity index (χ4n) is 2.75. The van der Waals surface area contributed by atoms with E-state index in [0.29, 0.717) is 19.0 Å². The standard InChI is InChI=1S/C13H17NO4/c1-14(10-6-17-7-11(10)15)13(16)12-9-4-2-3-8(9)5-18-12/h5,10-11,15H,2-4,6-7H2,1H3/t10-,11-/m1/s1. The monoisotopic (exact) mass is 251 g/mol. The molecule has 5 nitrogen and oxygen atoms in total. The molecule has 1 amide bonds. The van der Waals surface area contributed by atoms with Crippen molar-refractivity contribution in [2.24, 2.45) is 0 Å². The molecule has 2 heterocycles. The van der Waals surface area contributed by atoms with Gasteiger partial charge in [0.05, 0.1) is 31.6 Å². The van der Waals surface area contributed by atoms with E-state index in [1.165, 1.54) is 4.90 Å². The third-order valence-electron chi connectivity index (χ3n) is 3.89. The molecule has 0 unspecified atom stereocenters. The molecule has 2 atom stereocenters. The molecule has 0 spiro atoms. The lowest BCUT2D eigenvalue weighted by Gasteiger charge is -2.25. The van der Waals surface area contributed by atoms with Gasteiger partial charge in [0.1, 0.15) is 0 Å². The van der Waals surface area contributed by atoms with Crippen LogP contribution >= 0.6 is 0 Å². The predicted octanol–water partition coefficient (Wildman–Crippen LogP) is 0.600. The van der Waals surface area contributed by atoms with Gasteiger partial charge in [0.25, 0.3) is 5.91 Å². The highest BCUT2D eigenvalue weighted by molar-refractivity contribution is 5.93. The second kappa shape index (κ2) is 4.40. The van der Waals surface area contributed by atoms with E-state index in [4.69, 9.17) is 9.15 Å². The van der Waals surface area contributed by atoms with Crippen molar-refractivity contribution in [3.8, 4) is 0 Å². The molecule has 0 bridgehead atoms. The average Bonchev–Trinajstić information content (AvgIpc) is 3.02. The van der Waals surface area contributed by atoms with Crippen molar-refractivity contribution in [3.05, 3.63) is 23.2 Å². The number of carbonyl (C=O) groups is 1. The average molecular weight is 251 g/mol. The number of hydrogen-bond acceptors (Lipinski definition) is 4. The van der Waals surface area contributed by atoms with Gasteiger partial charge in [0, 0.05) is 12.6 Å². The van der Waals surface area contributed by atoms with Crippen LogP contribution in [0.2, 0.25) is 0 Å². The van der Waals surface area contributed by atoms with Crippen molar-refractivity contribution in [3.63, 3.8) is 0 Å². The summed E-state index contributed by atoms with van der Waals surface area (Å²) in [6.45, 7) is 0.671. The third-order valence-corrected chi connectivity index (χ3v) is 3.89. The Balaban J connectivity index is 1.81. The smallest absolute Gasteiger partial charge is 0.290 e. The molecule has 98 valence electrons. The summed E-state index contributed by atoms with van der Waals surface area (Å²) in [4.78, 5) is 13.9. The number of amides is 1. The molecule has 1 saturated heterocycles. The summed E-state index contributed by atoms with van der Waals surface area (Å²) < 4.78 is 10.6. The Morgan fingerprint density at radius 3 is 3.00 bits per heavy atom. The van der Waals surface area contributed by atoms with Gasteiger partial charge in [-0.15, -0.1) is 0 Å². The highest BCUT2D eigenvalue weighted by Gasteiger charge is 2.35. The molecule has 1 aliphatic carbocycles. The van der Waals surface area contributed by atoms with Crippen LogP contribution in [-0.4, -0.2) is 48.3 Å². The topological polar surface area (TPSA) is 62.9 Å². The second-order valence-corrected chi connectivity index (χ2v) is 5.01. The molecule has 1 aromatic heterocycles. The van der Waals surface area contributed by atoms with Gasteiger partial charge in [-0.25, -0.2) is 0 Å². The summed E-state index contributed by atoms with van der Waals surface area (Å²) in [5.74, 6) is 0.275. The van der Waals surface area contributed by atoms with Gasteiger partial charge in [-0.3, -0.25) is 4.79 Å². The van der Waals surface area contributed by atoms with Crippen LogP contribution in [0.3, 0.4) is 0 Å². The Hall–Kier alpha value is -1.33. The highest BCUT2D eigenvalue weighted by Crippen LogP contribution is 2.28. The largest absolute Gasteiger partial charge is 0.459 e. The lowest BCUT2D eigenvalue weighted by atomic mass is 10.1. The normalized spacial score (nSPS) is 26.3. The molecule has 5 heteroatoms. The lowest BCUT2D eigenvalue weighted by Crippen LogP contribution is -2.44. The van der Waals surface area contributed by atoms with Crippen LogP contribution in [0.5, 0.6) is 0 Å². The first-order chi connectivity index (χ1) is 8.68. The number of rotatable bonds is 2. The van der Waals surface area contributed by atoms with Gasteiger partial charge in [-0.1, -0.05) is 0 Å². The second-order valence-electron chi connectivity index (χ2n) is 5.01. The Labute approximate surface area is 105 Å². The minimum atomic E-state index is -0.609. The lowest BCUT2D eigenvalue weighted by molar-refractivity contribution is 0.0551. The van der Waals surface area contributed by atoms with Gasteiger partial charge < -0.3 is 19.2 Å². The molecule has 0 saturated carbocycles. The number of aliphatic hydroxyl groups excluding tert-OH is 1. The number of furan rings is 1. The molecular weight excluding hydrogens is 234 g/mol. The molecular formula is C13H17NO4. The predicted molar refractivity (Wildman–Crippen MR) is 63.4 cm³/mol. The fourth-order valence-corrected chi connectivity index (χ4v) is 2.75. The minimum absolute atomic E-state index is 0.160. The summed E-state index contributed by atoms with van der Waals surface area (Å²) in [6.07, 6.45) is 4.06. The zero-order valence-electron chi connectivity index (χ0n) is 10.4. The molecule has 18 heavy (non-hydrogen) atoms. The molecule has 1 N–H and O–H groups in total. The maximum absolute atomic E-state index is 12.4. The number of ether oxygens (including phenoxy) is 1. The zero-order chi connectivity index (χ0) is 12.7. The first-order valence-corrected chi connectivity index (χ1v) is 6.30. The Morgan fingerprint density at radius 2 is 2.28 bits per heavy atom. The first kappa shape index (κ1) is 11.7. The number of aliphatic hydroxyl groups is 1. The summed E-state index contributed by atoms with van der Waals surface area (Å²) in [5, 5.41) is 9.75. The van der Waals surface area contributed by atoms with Crippen molar-refractivity contribution in [1.82, 2.24) is 4.90 Å². The van der Waals surface area contributed by atoms with Crippen LogP contribution in [-0.2, 0) is 17.6 Å². The zero-order valence-corrected chi connectivity index (χ0v) is 10.4. The minimum Gasteiger partial charge on any atom is -0.459 e. The van der Waals surface area contributed by atoms with E-state index in [2.05, 4.69) is 0 Å². The van der Waals surface area contributed by atoms with Crippen LogP contribution in [0.15, 0.2) is 10.7 Å². The first-order valence-electron chi connectivity index (χ1n) is 6.30. The molecule has 1 fully saturated rings. The van der Waals surface area contributed by atoms with Crippen LogP contribution < -0.4 is 0 Å². The summed E-state index contributed by atoms with van der Waals surface area (Å²) in [7, 11) is 1.69. The van der Waals surface area contributed by atoms with Crippen LogP contribution in [0.1, 0.15) is 28.1 Å². The fraction of sp³-hybridized carbons (Fsp3) is 0.615. The van der Waals surface area contributed by atoms with E-state index in [1.54, 1.807) is 13.3 Å². The summed E-state index contributed by atoms with van der Waals surface area (Å²) >= 11 is 0.